The molecule has 3 rings (SSSR count). The van der Waals surface area contributed by atoms with Crippen molar-refractivity contribution in [3.63, 3.8) is 0 Å². The van der Waals surface area contributed by atoms with E-state index in [2.05, 4.69) is 0 Å². The molecule has 7 nitrogen and oxygen atoms in total. The number of piperidine rings is 1. The summed E-state index contributed by atoms with van der Waals surface area (Å²) in [6.07, 6.45) is 0.764. The van der Waals surface area contributed by atoms with Gasteiger partial charge in [0.05, 0.1) is 18.6 Å². The number of aliphatic carboxylic acids is 1. The summed E-state index contributed by atoms with van der Waals surface area (Å²) in [5.74, 6) is -1.76. The number of hydrogen-bond acceptors (Lipinski definition) is 5. The highest BCUT2D eigenvalue weighted by atomic mass is 16.5. The number of hydrogen-bond donors (Lipinski definition) is 0. The van der Waals surface area contributed by atoms with Gasteiger partial charge < -0.3 is 19.5 Å². The molecule has 7 heteroatoms. The van der Waals surface area contributed by atoms with Crippen molar-refractivity contribution in [3.8, 4) is 0 Å². The fourth-order valence-electron chi connectivity index (χ4n) is 3.82. The third-order valence-electron chi connectivity index (χ3n) is 5.40. The van der Waals surface area contributed by atoms with E-state index in [1.807, 2.05) is 32.9 Å². The molecule has 0 aliphatic carbocycles. The van der Waals surface area contributed by atoms with Crippen LogP contribution in [0.25, 0.3) is 0 Å². The van der Waals surface area contributed by atoms with Crippen molar-refractivity contribution in [1.82, 2.24) is 9.80 Å². The van der Waals surface area contributed by atoms with Gasteiger partial charge in [-0.15, -0.1) is 0 Å². The van der Waals surface area contributed by atoms with E-state index >= 15 is 0 Å². The molecule has 2 fully saturated rings. The number of aryl methyl sites for hydroxylation is 1. The monoisotopic (exact) mass is 373 g/mol. The largest absolute Gasteiger partial charge is 0.548 e. The Morgan fingerprint density at radius 1 is 1.15 bits per heavy atom. The summed E-state index contributed by atoms with van der Waals surface area (Å²) in [7, 11) is 0. The van der Waals surface area contributed by atoms with Crippen LogP contribution >= 0.6 is 0 Å². The minimum Gasteiger partial charge on any atom is -0.548 e. The molecule has 2 aliphatic rings. The van der Waals surface area contributed by atoms with Gasteiger partial charge in [-0.25, -0.2) is 0 Å². The van der Waals surface area contributed by atoms with Crippen molar-refractivity contribution < 1.29 is 24.2 Å². The fraction of sp³-hybridized carbons (Fsp3) is 0.550. The number of carboxylic acid groups (broad SMARTS) is 1. The molecule has 0 aromatic heterocycles. The van der Waals surface area contributed by atoms with Gasteiger partial charge in [-0.2, -0.15) is 0 Å². The highest BCUT2D eigenvalue weighted by Gasteiger charge is 2.52. The lowest BCUT2D eigenvalue weighted by molar-refractivity contribution is -0.310. The van der Waals surface area contributed by atoms with Crippen LogP contribution in [-0.4, -0.2) is 59.0 Å². The number of carbonyl (C=O) groups excluding carboxylic acids is 3. The molecule has 1 spiro atoms. The zero-order valence-corrected chi connectivity index (χ0v) is 15.9. The Balaban J connectivity index is 1.86. The minimum absolute atomic E-state index is 0.0516. The van der Waals surface area contributed by atoms with Gasteiger partial charge in [0, 0.05) is 37.4 Å². The summed E-state index contributed by atoms with van der Waals surface area (Å²) < 4.78 is 5.87. The lowest BCUT2D eigenvalue weighted by Crippen LogP contribution is -2.60. The van der Waals surface area contributed by atoms with E-state index < -0.39 is 17.7 Å². The van der Waals surface area contributed by atoms with Gasteiger partial charge >= 0.3 is 0 Å². The number of carbonyl (C=O) groups is 3. The molecule has 0 saturated carbocycles. The SMILES string of the molecule is Cc1ccc(C(=O)N2[C@@H](C(=O)[O-])COC23CCN(C(=O)C(C)C)CC3)cc1. The van der Waals surface area contributed by atoms with Crippen LogP contribution in [0.5, 0.6) is 0 Å². The zero-order valence-electron chi connectivity index (χ0n) is 15.9. The molecule has 1 aromatic carbocycles. The maximum Gasteiger partial charge on any atom is 0.256 e. The molecule has 2 aliphatic heterocycles. The first-order valence-electron chi connectivity index (χ1n) is 9.29. The highest BCUT2D eigenvalue weighted by molar-refractivity contribution is 5.97. The molecule has 2 saturated heterocycles. The zero-order chi connectivity index (χ0) is 19.8. The van der Waals surface area contributed by atoms with Crippen LogP contribution in [0.1, 0.15) is 42.6 Å². The van der Waals surface area contributed by atoms with Crippen molar-refractivity contribution in [1.29, 1.82) is 0 Å². The molecular formula is C20H25N2O5-. The van der Waals surface area contributed by atoms with Crippen LogP contribution in [0, 0.1) is 12.8 Å². The van der Waals surface area contributed by atoms with E-state index in [0.29, 0.717) is 31.5 Å². The molecule has 1 atom stereocenters. The highest BCUT2D eigenvalue weighted by Crippen LogP contribution is 2.38. The second-order valence-corrected chi connectivity index (χ2v) is 7.61. The van der Waals surface area contributed by atoms with Gasteiger partial charge in [-0.3, -0.25) is 14.5 Å². The van der Waals surface area contributed by atoms with E-state index in [1.165, 1.54) is 4.90 Å². The average Bonchev–Trinajstić information content (AvgIpc) is 3.00. The van der Waals surface area contributed by atoms with Crippen molar-refractivity contribution >= 4 is 17.8 Å². The number of rotatable bonds is 3. The minimum atomic E-state index is -1.33. The van der Waals surface area contributed by atoms with Crippen molar-refractivity contribution in [2.45, 2.75) is 45.4 Å². The van der Waals surface area contributed by atoms with Crippen LogP contribution in [0.4, 0.5) is 0 Å². The maximum absolute atomic E-state index is 13.1. The molecule has 0 radical (unpaired) electrons. The van der Waals surface area contributed by atoms with Gasteiger partial charge in [0.25, 0.3) is 5.91 Å². The standard InChI is InChI=1S/C20H26N2O5/c1-13(2)17(23)21-10-8-20(9-11-21)22(16(12-27-20)19(25)26)18(24)15-6-4-14(3)5-7-15/h4-7,13,16H,8-12H2,1-3H3,(H,25,26)/p-1/t16-/m1/s1. The van der Waals surface area contributed by atoms with E-state index in [0.717, 1.165) is 5.56 Å². The Bertz CT molecular complexity index is 735. The molecule has 2 amide bonds. The fourth-order valence-corrected chi connectivity index (χ4v) is 3.82. The van der Waals surface area contributed by atoms with E-state index in [9.17, 15) is 19.5 Å². The summed E-state index contributed by atoms with van der Waals surface area (Å²) in [5.41, 5.74) is 0.411. The second kappa shape index (κ2) is 7.31. The molecule has 0 bridgehead atoms. The summed E-state index contributed by atoms with van der Waals surface area (Å²) in [4.78, 5) is 40.1. The Morgan fingerprint density at radius 2 is 1.74 bits per heavy atom. The van der Waals surface area contributed by atoms with Crippen LogP contribution in [0.2, 0.25) is 0 Å². The molecular weight excluding hydrogens is 348 g/mol. The Morgan fingerprint density at radius 3 is 2.26 bits per heavy atom. The second-order valence-electron chi connectivity index (χ2n) is 7.61. The smallest absolute Gasteiger partial charge is 0.256 e. The molecule has 2 heterocycles. The first-order valence-corrected chi connectivity index (χ1v) is 9.29. The summed E-state index contributed by atoms with van der Waals surface area (Å²) in [6.45, 7) is 6.36. The van der Waals surface area contributed by atoms with Crippen LogP contribution < -0.4 is 5.11 Å². The molecule has 27 heavy (non-hydrogen) atoms. The average molecular weight is 373 g/mol. The van der Waals surface area contributed by atoms with Crippen molar-refractivity contribution in [2.24, 2.45) is 5.92 Å². The Kier molecular flexibility index (Phi) is 5.24. The lowest BCUT2D eigenvalue weighted by Gasteiger charge is -2.45. The summed E-state index contributed by atoms with van der Waals surface area (Å²) >= 11 is 0. The number of nitrogens with zero attached hydrogens (tertiary/aromatic N) is 2. The molecule has 1 aromatic rings. The van der Waals surface area contributed by atoms with Gasteiger partial charge in [-0.1, -0.05) is 31.5 Å². The topological polar surface area (TPSA) is 90.0 Å². The van der Waals surface area contributed by atoms with Crippen LogP contribution in [0.15, 0.2) is 24.3 Å². The van der Waals surface area contributed by atoms with Crippen molar-refractivity contribution in [2.75, 3.05) is 19.7 Å². The van der Waals surface area contributed by atoms with Crippen LogP contribution in [-0.2, 0) is 14.3 Å². The van der Waals surface area contributed by atoms with Gasteiger partial charge in [0.1, 0.15) is 5.72 Å². The third-order valence-corrected chi connectivity index (χ3v) is 5.40. The number of likely N-dealkylation sites (tertiary alicyclic amines) is 1. The first kappa shape index (κ1) is 19.4. The number of amides is 2. The Labute approximate surface area is 158 Å². The van der Waals surface area contributed by atoms with E-state index in [1.54, 1.807) is 17.0 Å². The van der Waals surface area contributed by atoms with E-state index in [-0.39, 0.29) is 24.3 Å². The predicted molar refractivity (Wildman–Crippen MR) is 95.5 cm³/mol. The number of ether oxygens (including phenoxy) is 1. The van der Waals surface area contributed by atoms with Crippen molar-refractivity contribution in [3.05, 3.63) is 35.4 Å². The quantitative estimate of drug-likeness (QED) is 0.772. The lowest BCUT2D eigenvalue weighted by atomic mass is 9.95. The number of benzene rings is 1. The summed E-state index contributed by atoms with van der Waals surface area (Å²) in [5, 5.41) is 11.6. The molecule has 146 valence electrons. The number of carboxylic acids is 1. The Hall–Kier alpha value is -2.41. The predicted octanol–water partition coefficient (Wildman–Crippen LogP) is 0.561. The van der Waals surface area contributed by atoms with E-state index in [4.69, 9.17) is 4.74 Å². The third kappa shape index (κ3) is 3.56. The normalized spacial score (nSPS) is 21.7. The van der Waals surface area contributed by atoms with Gasteiger partial charge in [-0.05, 0) is 19.1 Å². The molecule has 0 unspecified atom stereocenters. The maximum atomic E-state index is 13.1. The van der Waals surface area contributed by atoms with Crippen LogP contribution in [0.3, 0.4) is 0 Å². The summed E-state index contributed by atoms with van der Waals surface area (Å²) in [6, 6.07) is 5.87. The van der Waals surface area contributed by atoms with Gasteiger partial charge in [0.2, 0.25) is 5.91 Å². The first-order chi connectivity index (χ1) is 12.7. The van der Waals surface area contributed by atoms with Gasteiger partial charge in [0.15, 0.2) is 0 Å². The molecule has 0 N–H and O–H groups in total.